The van der Waals surface area contributed by atoms with Gasteiger partial charge in [-0.05, 0) is 37.0 Å². The number of hydrogen-bond acceptors (Lipinski definition) is 2. The van der Waals surface area contributed by atoms with Gasteiger partial charge in [0.15, 0.2) is 0 Å². The maximum Gasteiger partial charge on any atom is 0.101 e. The number of nitriles is 1. The lowest BCUT2D eigenvalue weighted by molar-refractivity contribution is 0.625. The van der Waals surface area contributed by atoms with Gasteiger partial charge in [0, 0.05) is 17.9 Å². The Kier molecular flexibility index (Phi) is 3.73. The number of rotatable bonds is 2. The molecule has 0 saturated carbocycles. The maximum absolute atomic E-state index is 9.26. The van der Waals surface area contributed by atoms with Crippen LogP contribution in [0, 0.1) is 17.2 Å². The van der Waals surface area contributed by atoms with Crippen molar-refractivity contribution in [3.63, 3.8) is 0 Å². The largest absolute Gasteiger partial charge is 0.367 e. The summed E-state index contributed by atoms with van der Waals surface area (Å²) in [6.45, 7) is 5.57. The van der Waals surface area contributed by atoms with E-state index in [4.69, 9.17) is 0 Å². The minimum atomic E-state index is 0.534. The van der Waals surface area contributed by atoms with E-state index in [0.29, 0.717) is 12.0 Å². The van der Waals surface area contributed by atoms with Crippen LogP contribution in [0.2, 0.25) is 0 Å². The summed E-state index contributed by atoms with van der Waals surface area (Å²) in [4.78, 5) is 2.36. The molecule has 0 aliphatic carbocycles. The summed E-state index contributed by atoms with van der Waals surface area (Å²) in [7, 11) is 0. The van der Waals surface area contributed by atoms with Crippen LogP contribution in [0.5, 0.6) is 0 Å². The summed E-state index contributed by atoms with van der Waals surface area (Å²) in [5, 5.41) is 10.1. The quantitative estimate of drug-likeness (QED) is 0.778. The Bertz CT molecular complexity index is 450. The maximum atomic E-state index is 9.26. The third-order valence-corrected chi connectivity index (χ3v) is 4.08. The zero-order valence-corrected chi connectivity index (χ0v) is 11.9. The fourth-order valence-corrected chi connectivity index (χ4v) is 2.99. The normalized spacial score (nSPS) is 23.8. The molecule has 0 radical (unpaired) electrons. The van der Waals surface area contributed by atoms with Gasteiger partial charge in [0.05, 0.1) is 11.3 Å². The second-order valence-corrected chi connectivity index (χ2v) is 5.50. The van der Waals surface area contributed by atoms with Gasteiger partial charge in [-0.3, -0.25) is 0 Å². The van der Waals surface area contributed by atoms with Gasteiger partial charge < -0.3 is 4.90 Å². The second-order valence-electron chi connectivity index (χ2n) is 4.94. The fourth-order valence-electron chi connectivity index (χ4n) is 2.64. The molecule has 2 nitrogen and oxygen atoms in total. The van der Waals surface area contributed by atoms with Crippen molar-refractivity contribution in [3.8, 4) is 6.07 Å². The van der Waals surface area contributed by atoms with Crippen LogP contribution in [0.4, 0.5) is 5.69 Å². The Hall–Kier alpha value is -1.01. The van der Waals surface area contributed by atoms with E-state index in [2.05, 4.69) is 52.9 Å². The molecule has 17 heavy (non-hydrogen) atoms. The Morgan fingerprint density at radius 2 is 2.24 bits per heavy atom. The van der Waals surface area contributed by atoms with Gasteiger partial charge in [0.25, 0.3) is 0 Å². The standard InChI is InChI=1S/C14H17BrN2/c1-10-5-11(2)17(9-10)14-4-3-12(7-15)6-13(14)8-16/h3-4,6,10-11H,5,7,9H2,1-2H3. The van der Waals surface area contributed by atoms with Crippen LogP contribution < -0.4 is 4.90 Å². The van der Waals surface area contributed by atoms with Crippen LogP contribution in [0.25, 0.3) is 0 Å². The third-order valence-electron chi connectivity index (χ3n) is 3.43. The molecule has 1 aliphatic heterocycles. The van der Waals surface area contributed by atoms with Crippen molar-refractivity contribution in [2.75, 3.05) is 11.4 Å². The van der Waals surface area contributed by atoms with Crippen molar-refractivity contribution in [1.82, 2.24) is 0 Å². The van der Waals surface area contributed by atoms with Gasteiger partial charge in [-0.15, -0.1) is 0 Å². The molecule has 0 amide bonds. The highest BCUT2D eigenvalue weighted by Gasteiger charge is 2.27. The van der Waals surface area contributed by atoms with Gasteiger partial charge in [0.1, 0.15) is 6.07 Å². The lowest BCUT2D eigenvalue weighted by atomic mass is 10.1. The van der Waals surface area contributed by atoms with E-state index in [-0.39, 0.29) is 0 Å². The molecule has 90 valence electrons. The third kappa shape index (κ3) is 2.47. The molecule has 2 rings (SSSR count). The fraction of sp³-hybridized carbons (Fsp3) is 0.500. The highest BCUT2D eigenvalue weighted by molar-refractivity contribution is 9.08. The van der Waals surface area contributed by atoms with Crippen LogP contribution in [0.1, 0.15) is 31.4 Å². The Morgan fingerprint density at radius 1 is 1.47 bits per heavy atom. The first-order valence-corrected chi connectivity index (χ1v) is 7.13. The monoisotopic (exact) mass is 292 g/mol. The lowest BCUT2D eigenvalue weighted by Crippen LogP contribution is -2.27. The summed E-state index contributed by atoms with van der Waals surface area (Å²) in [5.74, 6) is 0.715. The molecular weight excluding hydrogens is 276 g/mol. The predicted octanol–water partition coefficient (Wildman–Crippen LogP) is 3.69. The van der Waals surface area contributed by atoms with Crippen LogP contribution in [0.3, 0.4) is 0 Å². The highest BCUT2D eigenvalue weighted by atomic mass is 79.9. The Morgan fingerprint density at radius 3 is 2.76 bits per heavy atom. The zero-order valence-electron chi connectivity index (χ0n) is 10.3. The summed E-state index contributed by atoms with van der Waals surface area (Å²) in [6.07, 6.45) is 1.21. The lowest BCUT2D eigenvalue weighted by Gasteiger charge is -2.25. The SMILES string of the molecule is CC1CC(C)N(c2ccc(CBr)cc2C#N)C1. The zero-order chi connectivity index (χ0) is 12.4. The van der Waals surface area contributed by atoms with E-state index in [1.54, 1.807) is 0 Å². The van der Waals surface area contributed by atoms with Crippen molar-refractivity contribution in [2.24, 2.45) is 5.92 Å². The molecule has 0 N–H and O–H groups in total. The predicted molar refractivity (Wildman–Crippen MR) is 74.4 cm³/mol. The van der Waals surface area contributed by atoms with E-state index in [1.807, 2.05) is 6.07 Å². The minimum absolute atomic E-state index is 0.534. The Balaban J connectivity index is 2.36. The van der Waals surface area contributed by atoms with Gasteiger partial charge in [-0.25, -0.2) is 0 Å². The molecule has 1 heterocycles. The van der Waals surface area contributed by atoms with Crippen LogP contribution in [-0.2, 0) is 5.33 Å². The van der Waals surface area contributed by atoms with Gasteiger partial charge >= 0.3 is 0 Å². The highest BCUT2D eigenvalue weighted by Crippen LogP contribution is 2.31. The number of benzene rings is 1. The number of alkyl halides is 1. The molecule has 0 spiro atoms. The molecule has 1 saturated heterocycles. The molecule has 1 aromatic carbocycles. The van der Waals surface area contributed by atoms with E-state index in [1.165, 1.54) is 6.42 Å². The number of hydrogen-bond donors (Lipinski definition) is 0. The number of anilines is 1. The summed E-state index contributed by atoms with van der Waals surface area (Å²) in [5.41, 5.74) is 3.04. The summed E-state index contributed by atoms with van der Waals surface area (Å²) < 4.78 is 0. The van der Waals surface area contributed by atoms with E-state index in [0.717, 1.165) is 28.7 Å². The molecule has 1 fully saturated rings. The molecule has 3 heteroatoms. The molecule has 2 unspecified atom stereocenters. The second kappa shape index (κ2) is 5.10. The molecular formula is C14H17BrN2. The van der Waals surface area contributed by atoms with Crippen LogP contribution in [-0.4, -0.2) is 12.6 Å². The van der Waals surface area contributed by atoms with Crippen LogP contribution >= 0.6 is 15.9 Å². The average Bonchev–Trinajstić information content (AvgIpc) is 2.67. The summed E-state index contributed by atoms with van der Waals surface area (Å²) >= 11 is 3.43. The Labute approximate surface area is 111 Å². The molecule has 1 aliphatic rings. The topological polar surface area (TPSA) is 27.0 Å². The molecule has 1 aromatic rings. The van der Waals surface area contributed by atoms with Crippen molar-refractivity contribution in [1.29, 1.82) is 5.26 Å². The van der Waals surface area contributed by atoms with E-state index in [9.17, 15) is 5.26 Å². The van der Waals surface area contributed by atoms with Crippen molar-refractivity contribution >= 4 is 21.6 Å². The minimum Gasteiger partial charge on any atom is -0.367 e. The number of nitrogens with zero attached hydrogens (tertiary/aromatic N) is 2. The first kappa shape index (κ1) is 12.4. The van der Waals surface area contributed by atoms with Gasteiger partial charge in [0.2, 0.25) is 0 Å². The first-order valence-electron chi connectivity index (χ1n) is 6.01. The summed E-state index contributed by atoms with van der Waals surface area (Å²) in [6, 6.07) is 9.02. The van der Waals surface area contributed by atoms with Crippen LogP contribution in [0.15, 0.2) is 18.2 Å². The smallest absolute Gasteiger partial charge is 0.101 e. The van der Waals surface area contributed by atoms with Gasteiger partial charge in [-0.2, -0.15) is 5.26 Å². The van der Waals surface area contributed by atoms with E-state index >= 15 is 0 Å². The molecule has 0 bridgehead atoms. The first-order chi connectivity index (χ1) is 8.15. The average molecular weight is 293 g/mol. The van der Waals surface area contributed by atoms with E-state index < -0.39 is 0 Å². The molecule has 0 aromatic heterocycles. The van der Waals surface area contributed by atoms with Crippen molar-refractivity contribution in [3.05, 3.63) is 29.3 Å². The van der Waals surface area contributed by atoms with Crippen molar-refractivity contribution < 1.29 is 0 Å². The molecule has 2 atom stereocenters. The van der Waals surface area contributed by atoms with Gasteiger partial charge in [-0.1, -0.05) is 28.9 Å². The number of halogens is 1. The van der Waals surface area contributed by atoms with Crippen molar-refractivity contribution in [2.45, 2.75) is 31.6 Å².